The molecule has 0 saturated carbocycles. The molecule has 1 aromatic rings. The second-order valence-electron chi connectivity index (χ2n) is 2.49. The number of aromatic hydroxyl groups is 2. The summed E-state index contributed by atoms with van der Waals surface area (Å²) < 4.78 is 0. The molecule has 90 valence electrons. The second-order valence-corrected chi connectivity index (χ2v) is 2.49. The molecule has 0 atom stereocenters. The van der Waals surface area contributed by atoms with Crippen LogP contribution in [0.4, 0.5) is 0 Å². The fourth-order valence-corrected chi connectivity index (χ4v) is 0.453. The predicted molar refractivity (Wildman–Crippen MR) is 59.2 cm³/mol. The van der Waals surface area contributed by atoms with Crippen molar-refractivity contribution in [2.45, 2.75) is 6.92 Å². The Morgan fingerprint density at radius 1 is 1.12 bits per heavy atom. The van der Waals surface area contributed by atoms with Gasteiger partial charge in [-0.3, -0.25) is 10.2 Å². The van der Waals surface area contributed by atoms with Crippen molar-refractivity contribution < 1.29 is 20.1 Å². The molecule has 1 aromatic carbocycles. The minimum absolute atomic E-state index is 0.169. The molecular weight excluding hydrogens is 214 g/mol. The van der Waals surface area contributed by atoms with Gasteiger partial charge in [-0.15, -0.1) is 0 Å². The van der Waals surface area contributed by atoms with Gasteiger partial charge < -0.3 is 26.8 Å². The van der Waals surface area contributed by atoms with E-state index < -0.39 is 5.97 Å². The van der Waals surface area contributed by atoms with E-state index in [-0.39, 0.29) is 17.5 Å². The summed E-state index contributed by atoms with van der Waals surface area (Å²) in [5.74, 6) is -0.828. The first-order valence-electron chi connectivity index (χ1n) is 4.02. The number of guanidine groups is 1. The smallest absolute Gasteiger partial charge is 0.300 e. The van der Waals surface area contributed by atoms with Crippen LogP contribution in [0.5, 0.6) is 11.5 Å². The average Bonchev–Trinajstić information content (AvgIpc) is 2.08. The molecule has 0 aliphatic carbocycles. The van der Waals surface area contributed by atoms with Crippen molar-refractivity contribution >= 4 is 11.9 Å². The molecule has 7 heteroatoms. The van der Waals surface area contributed by atoms with Gasteiger partial charge in [-0.25, -0.2) is 0 Å². The topological polar surface area (TPSA) is 154 Å². The number of phenolic OH excluding ortho intramolecular Hbond substituents is 2. The quantitative estimate of drug-likeness (QED) is 0.209. The van der Waals surface area contributed by atoms with Gasteiger partial charge in [0.2, 0.25) is 0 Å². The van der Waals surface area contributed by atoms with Gasteiger partial charge in [-0.2, -0.15) is 0 Å². The van der Waals surface area contributed by atoms with Gasteiger partial charge in [0.1, 0.15) is 11.5 Å². The Hall–Kier alpha value is -2.44. The molecule has 16 heavy (non-hydrogen) atoms. The van der Waals surface area contributed by atoms with E-state index in [0.717, 1.165) is 6.92 Å². The lowest BCUT2D eigenvalue weighted by atomic mass is 10.3. The van der Waals surface area contributed by atoms with Crippen LogP contribution < -0.4 is 11.5 Å². The number of rotatable bonds is 0. The third-order valence-corrected chi connectivity index (χ3v) is 0.850. The standard InChI is InChI=1S/C6H6O2.C2H4O2.CH5N3/c7-5-1-2-6(8)4-3-5;1-2(3)4;2-1(3)4/h1-4,7-8H;1H3,(H,3,4);(H5,2,3,4). The fourth-order valence-electron chi connectivity index (χ4n) is 0.453. The lowest BCUT2D eigenvalue weighted by Crippen LogP contribution is -2.20. The maximum atomic E-state index is 9.00. The summed E-state index contributed by atoms with van der Waals surface area (Å²) in [6, 6.07) is 5.70. The maximum Gasteiger partial charge on any atom is 0.300 e. The first-order valence-corrected chi connectivity index (χ1v) is 4.02. The summed E-state index contributed by atoms with van der Waals surface area (Å²) in [5.41, 5.74) is 8.94. The number of benzene rings is 1. The summed E-state index contributed by atoms with van der Waals surface area (Å²) >= 11 is 0. The van der Waals surface area contributed by atoms with Crippen molar-refractivity contribution in [1.82, 2.24) is 0 Å². The van der Waals surface area contributed by atoms with E-state index in [2.05, 4.69) is 11.5 Å². The van der Waals surface area contributed by atoms with E-state index in [1.807, 2.05) is 0 Å². The molecule has 8 N–H and O–H groups in total. The molecule has 0 saturated heterocycles. The first kappa shape index (κ1) is 16.0. The Labute approximate surface area is 92.4 Å². The molecule has 0 aliphatic rings. The first-order chi connectivity index (χ1) is 7.25. The number of nitrogens with two attached hydrogens (primary N) is 2. The number of carboxylic acids is 1. The zero-order valence-electron chi connectivity index (χ0n) is 8.71. The van der Waals surface area contributed by atoms with E-state index in [9.17, 15) is 0 Å². The van der Waals surface area contributed by atoms with Gasteiger partial charge >= 0.3 is 0 Å². The molecule has 0 aromatic heterocycles. The van der Waals surface area contributed by atoms with Gasteiger partial charge in [0.25, 0.3) is 5.97 Å². The van der Waals surface area contributed by atoms with Gasteiger partial charge in [-0.1, -0.05) is 0 Å². The lowest BCUT2D eigenvalue weighted by Gasteiger charge is -1.88. The number of carbonyl (C=O) groups is 1. The van der Waals surface area contributed by atoms with Crippen molar-refractivity contribution in [3.63, 3.8) is 0 Å². The number of phenols is 2. The van der Waals surface area contributed by atoms with Crippen molar-refractivity contribution in [3.05, 3.63) is 24.3 Å². The predicted octanol–water partition coefficient (Wildman–Crippen LogP) is 0.0273. The molecule has 0 bridgehead atoms. The van der Waals surface area contributed by atoms with Gasteiger partial charge in [-0.05, 0) is 24.3 Å². The maximum absolute atomic E-state index is 9.00. The van der Waals surface area contributed by atoms with Crippen LogP contribution in [-0.4, -0.2) is 27.2 Å². The highest BCUT2D eigenvalue weighted by molar-refractivity contribution is 5.71. The summed E-state index contributed by atoms with van der Waals surface area (Å²) in [6.07, 6.45) is 0. The molecule has 7 nitrogen and oxygen atoms in total. The lowest BCUT2D eigenvalue weighted by molar-refractivity contribution is -0.134. The zero-order chi connectivity index (χ0) is 13.1. The molecule has 0 radical (unpaired) electrons. The van der Waals surface area contributed by atoms with Crippen molar-refractivity contribution in [2.24, 2.45) is 11.5 Å². The van der Waals surface area contributed by atoms with E-state index >= 15 is 0 Å². The van der Waals surface area contributed by atoms with E-state index in [4.69, 9.17) is 25.5 Å². The Balaban J connectivity index is 0. The number of aliphatic carboxylic acids is 1. The highest BCUT2D eigenvalue weighted by Gasteiger charge is 1.84. The van der Waals surface area contributed by atoms with E-state index in [1.54, 1.807) is 0 Å². The van der Waals surface area contributed by atoms with Crippen LogP contribution in [0.3, 0.4) is 0 Å². The van der Waals surface area contributed by atoms with E-state index in [0.29, 0.717) is 0 Å². The Morgan fingerprint density at radius 3 is 1.38 bits per heavy atom. The third-order valence-electron chi connectivity index (χ3n) is 0.850. The van der Waals surface area contributed by atoms with Crippen LogP contribution in [0.25, 0.3) is 0 Å². The van der Waals surface area contributed by atoms with E-state index in [1.165, 1.54) is 24.3 Å². The van der Waals surface area contributed by atoms with Gasteiger partial charge in [0.05, 0.1) is 0 Å². The van der Waals surface area contributed by atoms with Crippen LogP contribution in [0, 0.1) is 5.41 Å². The minimum atomic E-state index is -0.833. The van der Waals surface area contributed by atoms with Crippen molar-refractivity contribution in [2.75, 3.05) is 0 Å². The number of hydrogen-bond donors (Lipinski definition) is 6. The molecule has 0 fully saturated rings. The largest absolute Gasteiger partial charge is 0.508 e. The normalized spacial score (nSPS) is 7.56. The van der Waals surface area contributed by atoms with Crippen molar-refractivity contribution in [3.8, 4) is 11.5 Å². The molecule has 0 heterocycles. The second kappa shape index (κ2) is 9.13. The molecule has 0 aliphatic heterocycles. The molecule has 0 unspecified atom stereocenters. The third kappa shape index (κ3) is 22.6. The molecular formula is C9H15N3O4. The summed E-state index contributed by atoms with van der Waals surface area (Å²) in [7, 11) is 0. The fraction of sp³-hybridized carbons (Fsp3) is 0.111. The zero-order valence-corrected chi connectivity index (χ0v) is 8.71. The highest BCUT2D eigenvalue weighted by atomic mass is 16.4. The van der Waals surface area contributed by atoms with Crippen LogP contribution in [0.2, 0.25) is 0 Å². The average molecular weight is 229 g/mol. The Bertz CT molecular complexity index is 283. The van der Waals surface area contributed by atoms with Crippen LogP contribution in [0.15, 0.2) is 24.3 Å². The molecule has 1 rings (SSSR count). The van der Waals surface area contributed by atoms with Gasteiger partial charge in [0.15, 0.2) is 5.96 Å². The number of hydrogen-bond acceptors (Lipinski definition) is 4. The highest BCUT2D eigenvalue weighted by Crippen LogP contribution is 2.13. The molecule has 0 amide bonds. The van der Waals surface area contributed by atoms with Crippen molar-refractivity contribution in [1.29, 1.82) is 5.41 Å². The Kier molecular flexibility index (Phi) is 9.13. The molecule has 0 spiro atoms. The summed E-state index contributed by atoms with van der Waals surface area (Å²) in [6.45, 7) is 1.08. The van der Waals surface area contributed by atoms with Crippen LogP contribution >= 0.6 is 0 Å². The number of nitrogens with one attached hydrogen (secondary N) is 1. The minimum Gasteiger partial charge on any atom is -0.508 e. The summed E-state index contributed by atoms with van der Waals surface area (Å²) in [4.78, 5) is 9.00. The monoisotopic (exact) mass is 229 g/mol. The SMILES string of the molecule is CC(=O)O.N=C(N)N.Oc1ccc(O)cc1. The summed E-state index contributed by atoms with van der Waals surface area (Å²) in [5, 5.41) is 30.8. The Morgan fingerprint density at radius 2 is 1.25 bits per heavy atom. The van der Waals surface area contributed by atoms with Crippen LogP contribution in [0.1, 0.15) is 6.92 Å². The van der Waals surface area contributed by atoms with Gasteiger partial charge in [0, 0.05) is 6.92 Å². The number of carboxylic acid groups (broad SMARTS) is 1. The van der Waals surface area contributed by atoms with Crippen LogP contribution in [-0.2, 0) is 4.79 Å².